The molecule has 0 bridgehead atoms. The van der Waals surface area contributed by atoms with E-state index in [0.29, 0.717) is 0 Å². The van der Waals surface area contributed by atoms with Crippen LogP contribution in [0.15, 0.2) is 5.11 Å². The van der Waals surface area contributed by atoms with Crippen LogP contribution in [0.5, 0.6) is 0 Å². The summed E-state index contributed by atoms with van der Waals surface area (Å²) in [5.74, 6) is -2.81. The molecule has 0 saturated carbocycles. The summed E-state index contributed by atoms with van der Waals surface area (Å²) in [5.41, 5.74) is 8.30. The van der Waals surface area contributed by atoms with Crippen molar-refractivity contribution < 1.29 is 38.1 Å². The van der Waals surface area contributed by atoms with Crippen molar-refractivity contribution in [1.29, 1.82) is 0 Å². The zero-order valence-electron chi connectivity index (χ0n) is 14.7. The van der Waals surface area contributed by atoms with E-state index >= 15 is 0 Å². The Morgan fingerprint density at radius 1 is 1.04 bits per heavy atom. The van der Waals surface area contributed by atoms with Crippen LogP contribution in [-0.2, 0) is 38.1 Å². The van der Waals surface area contributed by atoms with E-state index in [4.69, 9.17) is 24.5 Å². The van der Waals surface area contributed by atoms with Gasteiger partial charge in [0.05, 0.1) is 6.10 Å². The van der Waals surface area contributed by atoms with Crippen molar-refractivity contribution in [2.75, 3.05) is 6.54 Å². The van der Waals surface area contributed by atoms with Crippen LogP contribution in [0.4, 0.5) is 0 Å². The lowest BCUT2D eigenvalue weighted by Crippen LogP contribution is -2.65. The molecule has 1 aliphatic rings. The quantitative estimate of drug-likeness (QED) is 0.223. The molecule has 1 rings (SSSR count). The molecule has 0 aliphatic carbocycles. The van der Waals surface area contributed by atoms with Crippen molar-refractivity contribution >= 4 is 23.8 Å². The fraction of sp³-hybridized carbons (Fsp3) is 0.714. The molecule has 1 heterocycles. The first-order valence-corrected chi connectivity index (χ1v) is 7.63. The molecule has 0 spiro atoms. The molecule has 1 unspecified atom stereocenters. The number of esters is 3. The van der Waals surface area contributed by atoms with Gasteiger partial charge in [-0.2, -0.15) is 0 Å². The Bertz CT molecular complexity index is 618. The molecule has 0 aromatic carbocycles. The van der Waals surface area contributed by atoms with Crippen molar-refractivity contribution in [3.63, 3.8) is 0 Å². The van der Waals surface area contributed by atoms with Gasteiger partial charge in [-0.1, -0.05) is 5.11 Å². The summed E-state index contributed by atoms with van der Waals surface area (Å²) in [4.78, 5) is 48.6. The number of nitrogens with one attached hydrogen (secondary N) is 1. The molecule has 1 fully saturated rings. The van der Waals surface area contributed by atoms with E-state index in [1.807, 2.05) is 0 Å². The van der Waals surface area contributed by atoms with Gasteiger partial charge < -0.3 is 24.3 Å². The number of rotatable bonds is 6. The number of ether oxygens (including phenoxy) is 4. The molecule has 1 N–H and O–H groups in total. The predicted molar refractivity (Wildman–Crippen MR) is 83.2 cm³/mol. The third-order valence-corrected chi connectivity index (χ3v) is 3.27. The van der Waals surface area contributed by atoms with E-state index in [2.05, 4.69) is 15.3 Å². The van der Waals surface area contributed by atoms with Crippen LogP contribution < -0.4 is 5.32 Å². The molecule has 12 nitrogen and oxygen atoms in total. The Morgan fingerprint density at radius 3 is 2.08 bits per heavy atom. The van der Waals surface area contributed by atoms with E-state index in [-0.39, 0.29) is 0 Å². The Labute approximate surface area is 148 Å². The number of amides is 1. The number of azide groups is 1. The van der Waals surface area contributed by atoms with Crippen molar-refractivity contribution in [3.8, 4) is 0 Å². The maximum absolute atomic E-state index is 11.9. The summed E-state index contributed by atoms with van der Waals surface area (Å²) in [7, 11) is 0. The van der Waals surface area contributed by atoms with Gasteiger partial charge >= 0.3 is 17.9 Å². The third-order valence-electron chi connectivity index (χ3n) is 3.27. The lowest BCUT2D eigenvalue weighted by Gasteiger charge is -2.43. The zero-order valence-corrected chi connectivity index (χ0v) is 14.7. The van der Waals surface area contributed by atoms with E-state index < -0.39 is 61.0 Å². The summed E-state index contributed by atoms with van der Waals surface area (Å²) >= 11 is 0. The van der Waals surface area contributed by atoms with Gasteiger partial charge in [-0.3, -0.25) is 19.2 Å². The molecule has 0 radical (unpaired) electrons. The van der Waals surface area contributed by atoms with Gasteiger partial charge in [0.15, 0.2) is 12.2 Å². The molecule has 0 aromatic heterocycles. The van der Waals surface area contributed by atoms with Crippen molar-refractivity contribution in [3.05, 3.63) is 10.4 Å². The number of hydrogen-bond acceptors (Lipinski definition) is 9. The fourth-order valence-electron chi connectivity index (χ4n) is 2.43. The maximum Gasteiger partial charge on any atom is 0.305 e. The molecule has 1 aliphatic heterocycles. The average molecular weight is 372 g/mol. The Balaban J connectivity index is 3.18. The van der Waals surface area contributed by atoms with Crippen LogP contribution >= 0.6 is 0 Å². The second-order valence-corrected chi connectivity index (χ2v) is 5.45. The lowest BCUT2D eigenvalue weighted by molar-refractivity contribution is -0.261. The zero-order chi connectivity index (χ0) is 19.9. The van der Waals surface area contributed by atoms with Gasteiger partial charge in [0.2, 0.25) is 12.2 Å². The van der Waals surface area contributed by atoms with Gasteiger partial charge in [0.25, 0.3) is 0 Å². The predicted octanol–water partition coefficient (Wildman–Crippen LogP) is -0.0472. The van der Waals surface area contributed by atoms with Gasteiger partial charge in [-0.05, 0) is 12.5 Å². The molecule has 12 heteroatoms. The first-order valence-electron chi connectivity index (χ1n) is 7.63. The third kappa shape index (κ3) is 6.22. The molecular formula is C14H20N4O8. The molecular weight excluding hydrogens is 352 g/mol. The SMILES string of the molecule is CC(=O)OC1O[C@@H](C)[C@@H](OC(C)=O)[C@@H](OC(C)=O)[C@@H]1NC(=O)CN=[N+]=[N-]. The van der Waals surface area contributed by atoms with Crippen LogP contribution in [0.25, 0.3) is 10.4 Å². The smallest absolute Gasteiger partial charge is 0.305 e. The number of carbonyl (C=O) groups excluding carboxylic acids is 4. The minimum Gasteiger partial charge on any atom is -0.456 e. The molecule has 144 valence electrons. The van der Waals surface area contributed by atoms with E-state index in [1.54, 1.807) is 0 Å². The van der Waals surface area contributed by atoms with Gasteiger partial charge in [-0.15, -0.1) is 0 Å². The Kier molecular flexibility index (Phi) is 7.81. The summed E-state index contributed by atoms with van der Waals surface area (Å²) in [5, 5.41) is 5.53. The summed E-state index contributed by atoms with van der Waals surface area (Å²) in [6, 6.07) is -1.19. The minimum atomic E-state index is -1.31. The fourth-order valence-corrected chi connectivity index (χ4v) is 2.43. The molecule has 1 amide bonds. The van der Waals surface area contributed by atoms with Crippen molar-refractivity contribution in [2.45, 2.75) is 58.3 Å². The lowest BCUT2D eigenvalue weighted by atomic mass is 9.96. The monoisotopic (exact) mass is 372 g/mol. The highest BCUT2D eigenvalue weighted by atomic mass is 16.7. The van der Waals surface area contributed by atoms with Gasteiger partial charge in [0, 0.05) is 25.7 Å². The van der Waals surface area contributed by atoms with Crippen LogP contribution in [0.3, 0.4) is 0 Å². The second-order valence-electron chi connectivity index (χ2n) is 5.45. The summed E-state index contributed by atoms with van der Waals surface area (Å²) < 4.78 is 20.9. The first kappa shape index (κ1) is 21.2. The number of nitrogens with zero attached hydrogens (tertiary/aromatic N) is 3. The maximum atomic E-state index is 11.9. The highest BCUT2D eigenvalue weighted by Crippen LogP contribution is 2.27. The second kappa shape index (κ2) is 9.59. The normalized spacial score (nSPS) is 27.5. The standard InChI is InChI=1S/C14H20N4O8/c1-6-12(24-7(2)19)13(25-8(3)20)11(14(23-6)26-9(4)21)17-10(22)5-16-18-15/h6,11-14H,5H2,1-4H3,(H,17,22)/t6-,11-,12+,13-,14?/m0/s1. The molecule has 5 atom stereocenters. The molecule has 0 aromatic rings. The van der Waals surface area contributed by atoms with Crippen LogP contribution in [0.1, 0.15) is 27.7 Å². The number of hydrogen-bond donors (Lipinski definition) is 1. The topological polar surface area (TPSA) is 166 Å². The minimum absolute atomic E-state index is 0.541. The first-order chi connectivity index (χ1) is 12.1. The van der Waals surface area contributed by atoms with Gasteiger partial charge in [-0.25, -0.2) is 0 Å². The number of carbonyl (C=O) groups is 4. The average Bonchev–Trinajstić information content (AvgIpc) is 2.51. The summed E-state index contributed by atoms with van der Waals surface area (Å²) in [6.45, 7) is 4.40. The van der Waals surface area contributed by atoms with Crippen LogP contribution in [-0.4, -0.2) is 61.0 Å². The van der Waals surface area contributed by atoms with Gasteiger partial charge in [0.1, 0.15) is 12.6 Å². The van der Waals surface area contributed by atoms with E-state index in [0.717, 1.165) is 20.8 Å². The Hall–Kier alpha value is -2.85. The van der Waals surface area contributed by atoms with Crippen LogP contribution in [0.2, 0.25) is 0 Å². The highest BCUT2D eigenvalue weighted by Gasteiger charge is 2.50. The largest absolute Gasteiger partial charge is 0.456 e. The summed E-state index contributed by atoms with van der Waals surface area (Å²) in [6.07, 6.45) is -4.38. The van der Waals surface area contributed by atoms with E-state index in [1.165, 1.54) is 6.92 Å². The molecule has 26 heavy (non-hydrogen) atoms. The van der Waals surface area contributed by atoms with Crippen LogP contribution in [0, 0.1) is 0 Å². The van der Waals surface area contributed by atoms with Crippen molar-refractivity contribution in [1.82, 2.24) is 5.32 Å². The van der Waals surface area contributed by atoms with E-state index in [9.17, 15) is 19.2 Å². The van der Waals surface area contributed by atoms with Crippen molar-refractivity contribution in [2.24, 2.45) is 5.11 Å². The Morgan fingerprint density at radius 2 is 1.58 bits per heavy atom. The highest BCUT2D eigenvalue weighted by molar-refractivity contribution is 5.78. The molecule has 1 saturated heterocycles.